The summed E-state index contributed by atoms with van der Waals surface area (Å²) in [6.07, 6.45) is 0. The Balaban J connectivity index is 2.21. The van der Waals surface area contributed by atoms with Crippen molar-refractivity contribution in [1.82, 2.24) is 5.32 Å². The van der Waals surface area contributed by atoms with Gasteiger partial charge in [-0.15, -0.1) is 11.3 Å². The summed E-state index contributed by atoms with van der Waals surface area (Å²) in [6, 6.07) is 3.92. The van der Waals surface area contributed by atoms with Crippen LogP contribution >= 0.6 is 50.5 Å². The van der Waals surface area contributed by atoms with Crippen molar-refractivity contribution < 1.29 is 9.18 Å². The third-order valence-corrected chi connectivity index (χ3v) is 5.13. The molecule has 1 unspecified atom stereocenters. The summed E-state index contributed by atoms with van der Waals surface area (Å²) in [5.41, 5.74) is 0.481. The molecule has 106 valence electrons. The number of carbonyl (C=O) groups excluding carboxylic acids is 1. The highest BCUT2D eigenvalue weighted by molar-refractivity contribution is 9.10. The first kappa shape index (κ1) is 15.8. The summed E-state index contributed by atoms with van der Waals surface area (Å²) in [7, 11) is 0. The van der Waals surface area contributed by atoms with Gasteiger partial charge >= 0.3 is 0 Å². The van der Waals surface area contributed by atoms with Gasteiger partial charge in [-0.05, 0) is 52.0 Å². The second kappa shape index (κ2) is 6.43. The van der Waals surface area contributed by atoms with E-state index in [2.05, 4.69) is 21.2 Å². The Labute approximate surface area is 138 Å². The molecular weight excluding hydrogens is 388 g/mol. The lowest BCUT2D eigenvalue weighted by Crippen LogP contribution is -2.26. The fourth-order valence-corrected chi connectivity index (χ4v) is 3.67. The molecule has 0 bridgehead atoms. The van der Waals surface area contributed by atoms with Crippen LogP contribution in [0.5, 0.6) is 0 Å². The summed E-state index contributed by atoms with van der Waals surface area (Å²) in [5, 5.41) is 4.85. The van der Waals surface area contributed by atoms with Gasteiger partial charge < -0.3 is 5.32 Å². The number of halogens is 4. The Morgan fingerprint density at radius 2 is 2.10 bits per heavy atom. The van der Waals surface area contributed by atoms with E-state index in [9.17, 15) is 9.18 Å². The molecule has 1 aromatic carbocycles. The lowest BCUT2D eigenvalue weighted by Gasteiger charge is -2.16. The summed E-state index contributed by atoms with van der Waals surface area (Å²) >= 11 is 16.3. The minimum atomic E-state index is -0.565. The van der Waals surface area contributed by atoms with E-state index in [1.807, 2.05) is 0 Å². The molecule has 1 amide bonds. The van der Waals surface area contributed by atoms with E-state index in [1.54, 1.807) is 18.4 Å². The van der Waals surface area contributed by atoms with Gasteiger partial charge in [0.25, 0.3) is 5.91 Å². The summed E-state index contributed by atoms with van der Waals surface area (Å²) < 4.78 is 14.2. The van der Waals surface area contributed by atoms with Crippen LogP contribution < -0.4 is 5.32 Å². The lowest BCUT2D eigenvalue weighted by atomic mass is 10.1. The zero-order valence-electron chi connectivity index (χ0n) is 10.2. The van der Waals surface area contributed by atoms with Crippen LogP contribution in [0, 0.1) is 5.82 Å². The predicted molar refractivity (Wildman–Crippen MR) is 84.3 cm³/mol. The van der Waals surface area contributed by atoms with Crippen LogP contribution in [0.1, 0.15) is 28.2 Å². The fraction of sp³-hybridized carbons (Fsp3) is 0.154. The zero-order valence-corrected chi connectivity index (χ0v) is 14.1. The average molecular weight is 397 g/mol. The summed E-state index contributed by atoms with van der Waals surface area (Å²) in [6.45, 7) is 1.73. The minimum absolute atomic E-state index is 0.0433. The lowest BCUT2D eigenvalue weighted by molar-refractivity contribution is 0.0943. The van der Waals surface area contributed by atoms with E-state index in [4.69, 9.17) is 23.2 Å². The Kier molecular flexibility index (Phi) is 5.07. The molecule has 0 aliphatic heterocycles. The van der Waals surface area contributed by atoms with Gasteiger partial charge in [-0.3, -0.25) is 4.79 Å². The molecule has 0 saturated carbocycles. The molecule has 2 nitrogen and oxygen atoms in total. The first-order chi connectivity index (χ1) is 9.40. The molecule has 0 radical (unpaired) electrons. The van der Waals surface area contributed by atoms with E-state index in [-0.39, 0.29) is 10.9 Å². The van der Waals surface area contributed by atoms with Crippen LogP contribution in [0.15, 0.2) is 28.1 Å². The van der Waals surface area contributed by atoms with Crippen LogP contribution in [-0.4, -0.2) is 5.91 Å². The van der Waals surface area contributed by atoms with Gasteiger partial charge in [-0.1, -0.05) is 23.2 Å². The molecule has 0 aliphatic carbocycles. The van der Waals surface area contributed by atoms with Crippen LogP contribution in [0.2, 0.25) is 10.0 Å². The van der Waals surface area contributed by atoms with Crippen molar-refractivity contribution in [3.63, 3.8) is 0 Å². The molecule has 1 N–H and O–H groups in total. The maximum atomic E-state index is 13.5. The second-order valence-corrected chi connectivity index (χ2v) is 6.67. The van der Waals surface area contributed by atoms with Crippen molar-refractivity contribution in [3.05, 3.63) is 54.4 Å². The third kappa shape index (κ3) is 3.34. The molecule has 7 heteroatoms. The number of benzene rings is 1. The number of carbonyl (C=O) groups is 1. The van der Waals surface area contributed by atoms with Crippen LogP contribution in [0.4, 0.5) is 4.39 Å². The minimum Gasteiger partial charge on any atom is -0.345 e. The van der Waals surface area contributed by atoms with Crippen LogP contribution in [0.3, 0.4) is 0 Å². The normalized spacial score (nSPS) is 12.2. The zero-order chi connectivity index (χ0) is 14.9. The molecule has 1 atom stereocenters. The van der Waals surface area contributed by atoms with Crippen LogP contribution in [-0.2, 0) is 0 Å². The van der Waals surface area contributed by atoms with Gasteiger partial charge in [-0.2, -0.15) is 0 Å². The van der Waals surface area contributed by atoms with Gasteiger partial charge in [0.2, 0.25) is 0 Å². The Morgan fingerprint density at radius 3 is 2.70 bits per heavy atom. The second-order valence-electron chi connectivity index (χ2n) is 4.08. The molecule has 0 spiro atoms. The average Bonchev–Trinajstić information content (AvgIpc) is 2.80. The van der Waals surface area contributed by atoms with E-state index in [0.29, 0.717) is 15.5 Å². The Morgan fingerprint density at radius 1 is 1.40 bits per heavy atom. The molecular formula is C13H9BrCl2FNOS. The highest BCUT2D eigenvalue weighted by Gasteiger charge is 2.18. The van der Waals surface area contributed by atoms with E-state index < -0.39 is 11.9 Å². The first-order valence-electron chi connectivity index (χ1n) is 5.58. The molecule has 0 aliphatic rings. The van der Waals surface area contributed by atoms with E-state index >= 15 is 0 Å². The molecule has 2 rings (SSSR count). The van der Waals surface area contributed by atoms with E-state index in [0.717, 1.165) is 4.47 Å². The van der Waals surface area contributed by atoms with Crippen molar-refractivity contribution in [2.45, 2.75) is 13.0 Å². The molecule has 20 heavy (non-hydrogen) atoms. The van der Waals surface area contributed by atoms with Crippen molar-refractivity contribution in [3.8, 4) is 0 Å². The molecule has 2 aromatic rings. The van der Waals surface area contributed by atoms with Gasteiger partial charge in [0.1, 0.15) is 10.7 Å². The first-order valence-corrected chi connectivity index (χ1v) is 8.01. The van der Waals surface area contributed by atoms with Crippen molar-refractivity contribution >= 4 is 56.4 Å². The number of hydrogen-bond acceptors (Lipinski definition) is 2. The van der Waals surface area contributed by atoms with Gasteiger partial charge in [0.15, 0.2) is 0 Å². The topological polar surface area (TPSA) is 29.1 Å². The van der Waals surface area contributed by atoms with Crippen LogP contribution in [0.25, 0.3) is 0 Å². The Hall–Kier alpha value is -0.620. The van der Waals surface area contributed by atoms with Gasteiger partial charge in [0, 0.05) is 9.50 Å². The predicted octanol–water partition coefficient (Wildman–Crippen LogP) is 5.45. The third-order valence-electron chi connectivity index (χ3n) is 2.68. The van der Waals surface area contributed by atoms with Gasteiger partial charge in [-0.25, -0.2) is 4.39 Å². The standard InChI is InChI=1S/C13H9BrCl2FNOS/c1-6(7-4-11(17)10(16)5-9(7)15)18-13(19)12-8(14)2-3-20-12/h2-6H,1H3,(H,18,19). The van der Waals surface area contributed by atoms with Crippen molar-refractivity contribution in [2.75, 3.05) is 0 Å². The number of hydrogen-bond donors (Lipinski definition) is 1. The maximum absolute atomic E-state index is 13.5. The SMILES string of the molecule is CC(NC(=O)c1sccc1Br)c1cc(F)c(Cl)cc1Cl. The summed E-state index contributed by atoms with van der Waals surface area (Å²) in [5.74, 6) is -0.810. The fourth-order valence-electron chi connectivity index (χ4n) is 1.67. The monoisotopic (exact) mass is 395 g/mol. The van der Waals surface area contributed by atoms with Gasteiger partial charge in [0.05, 0.1) is 11.1 Å². The van der Waals surface area contributed by atoms with E-state index in [1.165, 1.54) is 23.5 Å². The number of thiophene rings is 1. The quantitative estimate of drug-likeness (QED) is 0.687. The Bertz CT molecular complexity index is 662. The highest BCUT2D eigenvalue weighted by Crippen LogP contribution is 2.29. The molecule has 1 heterocycles. The largest absolute Gasteiger partial charge is 0.345 e. The number of amides is 1. The molecule has 0 saturated heterocycles. The summed E-state index contributed by atoms with van der Waals surface area (Å²) in [4.78, 5) is 12.6. The smallest absolute Gasteiger partial charge is 0.262 e. The maximum Gasteiger partial charge on any atom is 0.262 e. The van der Waals surface area contributed by atoms with Crippen molar-refractivity contribution in [1.29, 1.82) is 0 Å². The highest BCUT2D eigenvalue weighted by atomic mass is 79.9. The number of rotatable bonds is 3. The number of nitrogens with one attached hydrogen (secondary N) is 1. The molecule has 0 fully saturated rings. The molecule has 1 aromatic heterocycles. The van der Waals surface area contributed by atoms with Crippen molar-refractivity contribution in [2.24, 2.45) is 0 Å².